The van der Waals surface area contributed by atoms with Crippen molar-refractivity contribution in [3.8, 4) is 0 Å². The van der Waals surface area contributed by atoms with Crippen LogP contribution in [-0.2, 0) is 37.9 Å². The second-order valence-corrected chi connectivity index (χ2v) is 18.4. The van der Waals surface area contributed by atoms with Crippen LogP contribution in [0.25, 0.3) is 0 Å². The van der Waals surface area contributed by atoms with E-state index in [0.717, 1.165) is 32.5 Å². The molecule has 1 aliphatic heterocycles. The van der Waals surface area contributed by atoms with Crippen LogP contribution in [0.3, 0.4) is 0 Å². The van der Waals surface area contributed by atoms with Crippen molar-refractivity contribution in [2.24, 2.45) is 53.3 Å². The van der Waals surface area contributed by atoms with E-state index in [2.05, 4.69) is 96.9 Å². The summed E-state index contributed by atoms with van der Waals surface area (Å²) in [6, 6.07) is 0. The maximum absolute atomic E-state index is 6.77. The van der Waals surface area contributed by atoms with Crippen LogP contribution in [0.2, 0.25) is 0 Å². The van der Waals surface area contributed by atoms with Crippen molar-refractivity contribution in [1.82, 2.24) is 0 Å². The average molecular weight is 745 g/mol. The van der Waals surface area contributed by atoms with Gasteiger partial charge in [-0.3, -0.25) is 0 Å². The normalized spacial score (nSPS) is 20.8. The lowest BCUT2D eigenvalue weighted by atomic mass is 9.88. The van der Waals surface area contributed by atoms with E-state index in [1.165, 1.54) is 12.8 Å². The Labute approximate surface area is 322 Å². The van der Waals surface area contributed by atoms with Crippen LogP contribution >= 0.6 is 0 Å². The second-order valence-electron chi connectivity index (χ2n) is 18.4. The Bertz CT molecular complexity index is 818. The van der Waals surface area contributed by atoms with E-state index in [0.29, 0.717) is 107 Å². The molecule has 0 aromatic carbocycles. The summed E-state index contributed by atoms with van der Waals surface area (Å²) in [4.78, 5) is 0. The van der Waals surface area contributed by atoms with Gasteiger partial charge in [0.15, 0.2) is 0 Å². The minimum absolute atomic E-state index is 0.0421. The van der Waals surface area contributed by atoms with E-state index in [1.54, 1.807) is 0 Å². The highest BCUT2D eigenvalue weighted by molar-refractivity contribution is 4.72. The minimum Gasteiger partial charge on any atom is -0.381 e. The van der Waals surface area contributed by atoms with E-state index in [9.17, 15) is 0 Å². The Hall–Kier alpha value is -0.320. The van der Waals surface area contributed by atoms with Crippen LogP contribution in [0.1, 0.15) is 129 Å². The monoisotopic (exact) mass is 745 g/mol. The van der Waals surface area contributed by atoms with Crippen LogP contribution in [0.15, 0.2) is 0 Å². The lowest BCUT2D eigenvalue weighted by molar-refractivity contribution is -0.168. The molecule has 0 amide bonds. The van der Waals surface area contributed by atoms with Crippen molar-refractivity contribution in [1.29, 1.82) is 0 Å². The number of hydrogen-bond donors (Lipinski definition) is 0. The first-order chi connectivity index (χ1) is 24.6. The van der Waals surface area contributed by atoms with Crippen molar-refractivity contribution >= 4 is 0 Å². The molecular formula is C44H88O8. The first-order valence-corrected chi connectivity index (χ1v) is 21.4. The molecular weight excluding hydrogens is 656 g/mol. The summed E-state index contributed by atoms with van der Waals surface area (Å²) in [6.45, 7) is 38.3. The summed E-state index contributed by atoms with van der Waals surface area (Å²) in [5.74, 6) is 4.95. The quantitative estimate of drug-likeness (QED) is 0.0675. The van der Waals surface area contributed by atoms with E-state index in [-0.39, 0.29) is 36.4 Å². The summed E-state index contributed by atoms with van der Waals surface area (Å²) >= 11 is 0. The van der Waals surface area contributed by atoms with Crippen molar-refractivity contribution in [3.05, 3.63) is 0 Å². The van der Waals surface area contributed by atoms with Crippen LogP contribution in [0.5, 0.6) is 0 Å². The Balaban J connectivity index is 2.87. The van der Waals surface area contributed by atoms with Gasteiger partial charge in [0.25, 0.3) is 0 Å². The molecule has 8 heteroatoms. The summed E-state index contributed by atoms with van der Waals surface area (Å²) in [6.07, 6.45) is 5.03. The fourth-order valence-electron chi connectivity index (χ4n) is 6.85. The molecule has 0 N–H and O–H groups in total. The van der Waals surface area contributed by atoms with Gasteiger partial charge in [-0.05, 0) is 79.4 Å². The first-order valence-electron chi connectivity index (χ1n) is 21.4. The van der Waals surface area contributed by atoms with E-state index < -0.39 is 0 Å². The zero-order valence-corrected chi connectivity index (χ0v) is 36.7. The molecule has 0 radical (unpaired) electrons. The minimum atomic E-state index is -0.223. The van der Waals surface area contributed by atoms with Gasteiger partial charge in [-0.25, -0.2) is 0 Å². The Morgan fingerprint density at radius 2 is 0.942 bits per heavy atom. The number of ether oxygens (including phenoxy) is 8. The summed E-state index contributed by atoms with van der Waals surface area (Å²) in [5.41, 5.74) is 0. The van der Waals surface area contributed by atoms with Crippen molar-refractivity contribution in [3.63, 3.8) is 0 Å². The zero-order chi connectivity index (χ0) is 39.1. The van der Waals surface area contributed by atoms with Gasteiger partial charge < -0.3 is 37.9 Å². The van der Waals surface area contributed by atoms with Crippen LogP contribution in [-0.4, -0.2) is 103 Å². The van der Waals surface area contributed by atoms with Gasteiger partial charge in [0.1, 0.15) is 12.2 Å². The van der Waals surface area contributed by atoms with Crippen LogP contribution in [0.4, 0.5) is 0 Å². The van der Waals surface area contributed by atoms with Gasteiger partial charge in [0.05, 0.1) is 84.4 Å². The highest BCUT2D eigenvalue weighted by Crippen LogP contribution is 2.23. The molecule has 0 aromatic rings. The highest BCUT2D eigenvalue weighted by atomic mass is 16.6. The molecule has 8 atom stereocenters. The lowest BCUT2D eigenvalue weighted by Crippen LogP contribution is -2.40. The van der Waals surface area contributed by atoms with E-state index in [4.69, 9.17) is 37.9 Å². The van der Waals surface area contributed by atoms with Crippen LogP contribution in [0, 0.1) is 53.3 Å². The molecule has 0 aromatic heterocycles. The molecule has 8 nitrogen and oxygen atoms in total. The Morgan fingerprint density at radius 1 is 0.481 bits per heavy atom. The summed E-state index contributed by atoms with van der Waals surface area (Å²) in [7, 11) is 0. The van der Waals surface area contributed by atoms with Gasteiger partial charge in [-0.15, -0.1) is 0 Å². The topological polar surface area (TPSA) is 73.8 Å². The highest BCUT2D eigenvalue weighted by Gasteiger charge is 2.25. The summed E-state index contributed by atoms with van der Waals surface area (Å²) < 4.78 is 50.4. The maximum Gasteiger partial charge on any atom is 0.105 e. The third-order valence-electron chi connectivity index (χ3n) is 9.94. The van der Waals surface area contributed by atoms with Crippen molar-refractivity contribution in [2.45, 2.75) is 160 Å². The van der Waals surface area contributed by atoms with Crippen molar-refractivity contribution < 1.29 is 37.9 Å². The van der Waals surface area contributed by atoms with Gasteiger partial charge in [-0.2, -0.15) is 0 Å². The number of hydrogen-bond acceptors (Lipinski definition) is 8. The molecule has 52 heavy (non-hydrogen) atoms. The standard InChI is InChI=1S/C44H88O8/c1-15-40-24-47-28-43(51-40)29-49-26-42(19-34(8)9)52-44(27-46-21-37(14)20-45-22-38(35(10)11)16-31(2)3)30-48-25-41(18-33(6)7)50-23-39(36(12)13)17-32(4)5/h31-44H,15-30H2,1-14H3/t37-,38?,39?,40?,41?,42?,43?,44?/m1/s1. The molecule has 1 rings (SSSR count). The van der Waals surface area contributed by atoms with Gasteiger partial charge in [0, 0.05) is 12.5 Å². The third-order valence-corrected chi connectivity index (χ3v) is 9.94. The molecule has 1 fully saturated rings. The van der Waals surface area contributed by atoms with Gasteiger partial charge in [0.2, 0.25) is 0 Å². The van der Waals surface area contributed by atoms with Gasteiger partial charge >= 0.3 is 0 Å². The zero-order valence-electron chi connectivity index (χ0n) is 36.7. The van der Waals surface area contributed by atoms with E-state index >= 15 is 0 Å². The molecule has 1 saturated heterocycles. The predicted molar refractivity (Wildman–Crippen MR) is 215 cm³/mol. The Kier molecular flexibility index (Phi) is 27.7. The molecule has 0 spiro atoms. The molecule has 312 valence electrons. The Morgan fingerprint density at radius 3 is 1.48 bits per heavy atom. The predicted octanol–water partition coefficient (Wildman–Crippen LogP) is 9.75. The number of rotatable bonds is 32. The van der Waals surface area contributed by atoms with Crippen molar-refractivity contribution in [2.75, 3.05) is 72.7 Å². The maximum atomic E-state index is 6.77. The lowest BCUT2D eigenvalue weighted by Gasteiger charge is -2.31. The third kappa shape index (κ3) is 25.0. The largest absolute Gasteiger partial charge is 0.381 e. The molecule has 1 aliphatic rings. The van der Waals surface area contributed by atoms with Gasteiger partial charge in [-0.1, -0.05) is 96.9 Å². The fraction of sp³-hybridized carbons (Fsp3) is 1.00. The van der Waals surface area contributed by atoms with Crippen LogP contribution < -0.4 is 0 Å². The fourth-order valence-corrected chi connectivity index (χ4v) is 6.85. The molecule has 1 heterocycles. The molecule has 0 bridgehead atoms. The van der Waals surface area contributed by atoms with E-state index in [1.807, 2.05) is 0 Å². The molecule has 0 saturated carbocycles. The molecule has 7 unspecified atom stereocenters. The summed E-state index contributed by atoms with van der Waals surface area (Å²) in [5, 5.41) is 0. The average Bonchev–Trinajstić information content (AvgIpc) is 3.04. The SMILES string of the molecule is CCC1COCC(COCC(CC(C)C)OC(COCC(CC(C)C)OCC(CC(C)C)C(C)C)COC[C@H](C)COCC(CC(C)C)C(C)C)O1. The second kappa shape index (κ2) is 29.0. The smallest absolute Gasteiger partial charge is 0.105 e. The molecule has 0 aliphatic carbocycles. The first kappa shape index (κ1) is 49.7.